The molecule has 1 aliphatic carbocycles. The van der Waals surface area contributed by atoms with Crippen LogP contribution in [0.5, 0.6) is 11.5 Å². The van der Waals surface area contributed by atoms with Crippen LogP contribution in [0, 0.1) is 0 Å². The number of hydrogen-bond acceptors (Lipinski definition) is 8. The van der Waals surface area contributed by atoms with Gasteiger partial charge in [0.15, 0.2) is 11.5 Å². The largest absolute Gasteiger partial charge is 0.493 e. The van der Waals surface area contributed by atoms with Crippen molar-refractivity contribution in [2.45, 2.75) is 44.1 Å². The van der Waals surface area contributed by atoms with Crippen molar-refractivity contribution in [1.29, 1.82) is 0 Å². The van der Waals surface area contributed by atoms with Crippen LogP contribution in [-0.4, -0.2) is 71.7 Å². The fraction of sp³-hybridized carbons (Fsp3) is 0.400. The summed E-state index contributed by atoms with van der Waals surface area (Å²) in [5, 5.41) is 23.3. The number of ether oxygens (including phenoxy) is 2. The minimum absolute atomic E-state index is 0.0266. The predicted octanol–water partition coefficient (Wildman–Crippen LogP) is 1.16. The van der Waals surface area contributed by atoms with Gasteiger partial charge in [-0.3, -0.25) is 14.4 Å². The first kappa shape index (κ1) is 24.5. The van der Waals surface area contributed by atoms with Gasteiger partial charge in [0.25, 0.3) is 0 Å². The molecule has 4 atom stereocenters. The van der Waals surface area contributed by atoms with Crippen molar-refractivity contribution in [1.82, 2.24) is 10.2 Å². The maximum atomic E-state index is 13.2. The average Bonchev–Trinajstić information content (AvgIpc) is 3.53. The molecule has 0 bridgehead atoms. The summed E-state index contributed by atoms with van der Waals surface area (Å²) in [6.07, 6.45) is 3.34. The van der Waals surface area contributed by atoms with Crippen LogP contribution in [0.1, 0.15) is 40.7 Å². The number of furan rings is 1. The molecule has 0 spiro atoms. The Hall–Kier alpha value is -3.63. The van der Waals surface area contributed by atoms with E-state index < -0.39 is 30.1 Å². The highest BCUT2D eigenvalue weighted by atomic mass is 16.5. The molecule has 1 aliphatic heterocycles. The molecule has 186 valence electrons. The fourth-order valence-electron chi connectivity index (χ4n) is 4.70. The van der Waals surface area contributed by atoms with E-state index in [1.165, 1.54) is 30.6 Å². The molecular weight excluding hydrogens is 456 g/mol. The molecule has 0 radical (unpaired) electrons. The number of nitrogens with one attached hydrogen (secondary N) is 1. The van der Waals surface area contributed by atoms with Gasteiger partial charge in [-0.25, -0.2) is 0 Å². The number of hydrogen-bond donors (Lipinski definition) is 3. The smallest absolute Gasteiger partial charge is 0.247 e. The van der Waals surface area contributed by atoms with Gasteiger partial charge in [-0.1, -0.05) is 6.92 Å². The summed E-state index contributed by atoms with van der Waals surface area (Å²) in [4.78, 5) is 39.2. The molecular formula is C25H28N2O8. The lowest BCUT2D eigenvalue weighted by Crippen LogP contribution is -2.55. The molecule has 35 heavy (non-hydrogen) atoms. The van der Waals surface area contributed by atoms with Gasteiger partial charge in [-0.05, 0) is 24.3 Å². The monoisotopic (exact) mass is 484 g/mol. The summed E-state index contributed by atoms with van der Waals surface area (Å²) in [6.45, 7) is 1.65. The van der Waals surface area contributed by atoms with Gasteiger partial charge in [0, 0.05) is 41.8 Å². The van der Waals surface area contributed by atoms with E-state index >= 15 is 0 Å². The predicted molar refractivity (Wildman–Crippen MR) is 123 cm³/mol. The molecule has 2 amide bonds. The van der Waals surface area contributed by atoms with Crippen molar-refractivity contribution < 1.29 is 38.5 Å². The van der Waals surface area contributed by atoms with Crippen LogP contribution in [0.25, 0.3) is 0 Å². The number of aldehydes is 1. The Bertz CT molecular complexity index is 1130. The highest BCUT2D eigenvalue weighted by Crippen LogP contribution is 2.51. The molecule has 2 aromatic rings. The molecule has 4 rings (SSSR count). The van der Waals surface area contributed by atoms with E-state index in [9.17, 15) is 24.6 Å². The quantitative estimate of drug-likeness (QED) is 0.451. The zero-order valence-corrected chi connectivity index (χ0v) is 19.5. The van der Waals surface area contributed by atoms with Crippen LogP contribution in [0.15, 0.2) is 46.8 Å². The van der Waals surface area contributed by atoms with Crippen molar-refractivity contribution in [3.63, 3.8) is 0 Å². The molecule has 1 aromatic carbocycles. The van der Waals surface area contributed by atoms with Crippen LogP contribution in [0.2, 0.25) is 0 Å². The standard InChI is InChI=1S/C25H28N2O8/c1-3-20(30)27(11-14-4-7-34-13-14)18-10-17(25(32)26-5-6-28)21-16-8-15(12-29)9-19(33-2)23(16)35-24(21)22(18)31/h4,7-10,12-13,18,21-22,24,28,31H,3,5-6,11H2,1-2H3,(H,26,32)/t18-,21+,22+,24+/m1/s1. The molecule has 3 N–H and O–H groups in total. The Kier molecular flexibility index (Phi) is 7.23. The minimum atomic E-state index is -1.19. The molecule has 2 heterocycles. The third kappa shape index (κ3) is 4.54. The van der Waals surface area contributed by atoms with Crippen molar-refractivity contribution in [3.8, 4) is 11.5 Å². The van der Waals surface area contributed by atoms with Crippen molar-refractivity contribution in [2.75, 3.05) is 20.3 Å². The molecule has 10 nitrogen and oxygen atoms in total. The van der Waals surface area contributed by atoms with E-state index in [1.807, 2.05) is 0 Å². The Morgan fingerprint density at radius 2 is 2.11 bits per heavy atom. The zero-order chi connectivity index (χ0) is 25.1. The molecule has 0 fully saturated rings. The van der Waals surface area contributed by atoms with Crippen molar-refractivity contribution in [2.24, 2.45) is 0 Å². The second-order valence-corrected chi connectivity index (χ2v) is 8.41. The summed E-state index contributed by atoms with van der Waals surface area (Å²) < 4.78 is 16.7. The van der Waals surface area contributed by atoms with Crippen LogP contribution in [0.4, 0.5) is 0 Å². The van der Waals surface area contributed by atoms with E-state index in [2.05, 4.69) is 5.32 Å². The molecule has 1 aromatic heterocycles. The zero-order valence-electron chi connectivity index (χ0n) is 19.5. The highest BCUT2D eigenvalue weighted by Gasteiger charge is 2.51. The van der Waals surface area contributed by atoms with Crippen LogP contribution >= 0.6 is 0 Å². The average molecular weight is 485 g/mol. The number of aliphatic hydroxyl groups is 2. The second kappa shape index (κ2) is 10.3. The van der Waals surface area contributed by atoms with Gasteiger partial charge < -0.3 is 34.3 Å². The Morgan fingerprint density at radius 1 is 1.31 bits per heavy atom. The summed E-state index contributed by atoms with van der Waals surface area (Å²) in [6, 6.07) is 3.98. The van der Waals surface area contributed by atoms with Gasteiger partial charge in [0.1, 0.15) is 18.5 Å². The Labute approximate surface area is 202 Å². The first-order valence-corrected chi connectivity index (χ1v) is 11.4. The van der Waals surface area contributed by atoms with Gasteiger partial charge in [0.2, 0.25) is 11.8 Å². The topological polar surface area (TPSA) is 139 Å². The van der Waals surface area contributed by atoms with Crippen LogP contribution in [-0.2, 0) is 16.1 Å². The van der Waals surface area contributed by atoms with Crippen LogP contribution in [0.3, 0.4) is 0 Å². The number of aliphatic hydroxyl groups excluding tert-OH is 2. The maximum absolute atomic E-state index is 13.2. The van der Waals surface area contributed by atoms with E-state index in [4.69, 9.17) is 13.9 Å². The number of nitrogens with zero attached hydrogens (tertiary/aromatic N) is 1. The highest BCUT2D eigenvalue weighted by molar-refractivity contribution is 5.96. The first-order chi connectivity index (χ1) is 16.9. The summed E-state index contributed by atoms with van der Waals surface area (Å²) >= 11 is 0. The summed E-state index contributed by atoms with van der Waals surface area (Å²) in [7, 11) is 1.44. The Morgan fingerprint density at radius 3 is 2.74 bits per heavy atom. The summed E-state index contributed by atoms with van der Waals surface area (Å²) in [5.74, 6) is -0.771. The van der Waals surface area contributed by atoms with Gasteiger partial charge in [-0.2, -0.15) is 0 Å². The van der Waals surface area contributed by atoms with E-state index in [0.29, 0.717) is 28.9 Å². The molecule has 0 unspecified atom stereocenters. The van der Waals surface area contributed by atoms with Gasteiger partial charge in [0.05, 0.1) is 38.2 Å². The number of benzene rings is 1. The minimum Gasteiger partial charge on any atom is -0.493 e. The number of carbonyl (C=O) groups excluding carboxylic acids is 3. The summed E-state index contributed by atoms with van der Waals surface area (Å²) in [5.41, 5.74) is 1.86. The van der Waals surface area contributed by atoms with E-state index in [0.717, 1.165) is 5.56 Å². The SMILES string of the molecule is CCC(=O)N(Cc1ccoc1)[C@@H]1C=C(C(=O)NCCO)[C@@H]2c3cc(C=O)cc(OC)c3O[C@@H]2[C@H]1O. The molecule has 10 heteroatoms. The lowest BCUT2D eigenvalue weighted by Gasteiger charge is -2.40. The van der Waals surface area contributed by atoms with Crippen LogP contribution < -0.4 is 14.8 Å². The van der Waals surface area contributed by atoms with Crippen molar-refractivity contribution in [3.05, 3.63) is 59.1 Å². The number of methoxy groups -OCH3 is 1. The number of carbonyl (C=O) groups is 3. The first-order valence-electron chi connectivity index (χ1n) is 11.4. The second-order valence-electron chi connectivity index (χ2n) is 8.41. The van der Waals surface area contributed by atoms with E-state index in [1.54, 1.807) is 25.1 Å². The number of rotatable bonds is 9. The Balaban J connectivity index is 1.82. The molecule has 2 aliphatic rings. The lowest BCUT2D eigenvalue weighted by molar-refractivity contribution is -0.137. The van der Waals surface area contributed by atoms with Gasteiger partial charge in [-0.15, -0.1) is 0 Å². The molecule has 0 saturated carbocycles. The number of amides is 2. The van der Waals surface area contributed by atoms with Crippen molar-refractivity contribution >= 4 is 18.1 Å². The molecule has 0 saturated heterocycles. The third-order valence-electron chi connectivity index (χ3n) is 6.33. The normalized spacial score (nSPS) is 22.3. The van der Waals surface area contributed by atoms with E-state index in [-0.39, 0.29) is 37.6 Å². The fourth-order valence-corrected chi connectivity index (χ4v) is 4.70. The third-order valence-corrected chi connectivity index (χ3v) is 6.33. The lowest BCUT2D eigenvalue weighted by atomic mass is 9.77. The van der Waals surface area contributed by atoms with Gasteiger partial charge >= 0.3 is 0 Å². The number of fused-ring (bicyclic) bond motifs is 3. The maximum Gasteiger partial charge on any atom is 0.247 e.